The molecule has 1 heterocycles. The molecule has 0 spiro atoms. The number of aryl methyl sites for hydroxylation is 1. The average molecular weight is 397 g/mol. The molecule has 9 heteroatoms. The van der Waals surface area contributed by atoms with Gasteiger partial charge < -0.3 is 14.8 Å². The summed E-state index contributed by atoms with van der Waals surface area (Å²) < 4.78 is 72.8. The summed E-state index contributed by atoms with van der Waals surface area (Å²) in [7, 11) is 0. The van der Waals surface area contributed by atoms with Crippen LogP contribution in [0.3, 0.4) is 0 Å². The zero-order chi connectivity index (χ0) is 20.6. The monoisotopic (exact) mass is 397 g/mol. The third-order valence-corrected chi connectivity index (χ3v) is 4.02. The van der Waals surface area contributed by atoms with Gasteiger partial charge in [-0.25, -0.2) is 22.0 Å². The first-order chi connectivity index (χ1) is 13.2. The van der Waals surface area contributed by atoms with Gasteiger partial charge in [0.15, 0.2) is 23.3 Å². The average Bonchev–Trinajstić information content (AvgIpc) is 3.16. The zero-order valence-electron chi connectivity index (χ0n) is 14.2. The molecule has 2 N–H and O–H groups in total. The Labute approximate surface area is 155 Å². The molecule has 0 bridgehead atoms. The molecule has 0 fully saturated rings. The number of halogens is 5. The summed E-state index contributed by atoms with van der Waals surface area (Å²) in [6, 6.07) is 7.68. The summed E-state index contributed by atoms with van der Waals surface area (Å²) in [5, 5.41) is 11.2. The van der Waals surface area contributed by atoms with Crippen LogP contribution < -0.4 is 5.32 Å². The number of aliphatic hydroxyl groups excluding tert-OH is 1. The predicted molar refractivity (Wildman–Crippen MR) is 89.0 cm³/mol. The van der Waals surface area contributed by atoms with Crippen molar-refractivity contribution in [3.8, 4) is 11.3 Å². The van der Waals surface area contributed by atoms with E-state index in [0.717, 1.165) is 0 Å². The second kappa shape index (κ2) is 7.43. The van der Waals surface area contributed by atoms with Crippen molar-refractivity contribution in [2.24, 2.45) is 0 Å². The van der Waals surface area contributed by atoms with Crippen LogP contribution in [-0.4, -0.2) is 11.0 Å². The molecular formula is C19H12F5NO3. The lowest BCUT2D eigenvalue weighted by Gasteiger charge is -2.12. The van der Waals surface area contributed by atoms with Gasteiger partial charge in [-0.05, 0) is 30.7 Å². The van der Waals surface area contributed by atoms with Crippen LogP contribution in [0.2, 0.25) is 0 Å². The summed E-state index contributed by atoms with van der Waals surface area (Å²) in [5.41, 5.74) is -0.580. The lowest BCUT2D eigenvalue weighted by atomic mass is 10.1. The molecule has 0 atom stereocenters. The Morgan fingerprint density at radius 2 is 1.57 bits per heavy atom. The van der Waals surface area contributed by atoms with Gasteiger partial charge in [0.1, 0.15) is 23.7 Å². The summed E-state index contributed by atoms with van der Waals surface area (Å²) in [5.74, 6) is -12.1. The number of carbonyl (C=O) groups is 1. The van der Waals surface area contributed by atoms with E-state index < -0.39 is 40.6 Å². The highest BCUT2D eigenvalue weighted by atomic mass is 19.2. The molecule has 0 saturated heterocycles. The van der Waals surface area contributed by atoms with E-state index in [1.807, 2.05) is 0 Å². The maximum Gasteiger partial charge on any atom is 0.261 e. The SMILES string of the molecule is Cc1ccc(-c2ccc(CO)o2)cc1NC(=O)c1c(F)c(F)c(F)c(F)c1F. The van der Waals surface area contributed by atoms with E-state index in [9.17, 15) is 26.7 Å². The van der Waals surface area contributed by atoms with Gasteiger partial charge in [-0.3, -0.25) is 4.79 Å². The third kappa shape index (κ3) is 3.36. The number of anilines is 1. The molecule has 2 aromatic carbocycles. The van der Waals surface area contributed by atoms with Crippen molar-refractivity contribution < 1.29 is 36.3 Å². The van der Waals surface area contributed by atoms with E-state index in [4.69, 9.17) is 9.52 Å². The first-order valence-electron chi connectivity index (χ1n) is 7.88. The first-order valence-corrected chi connectivity index (χ1v) is 7.88. The lowest BCUT2D eigenvalue weighted by Crippen LogP contribution is -2.19. The van der Waals surface area contributed by atoms with Crippen LogP contribution in [0.5, 0.6) is 0 Å². The van der Waals surface area contributed by atoms with Crippen LogP contribution in [0.1, 0.15) is 21.7 Å². The van der Waals surface area contributed by atoms with Gasteiger partial charge >= 0.3 is 0 Å². The molecule has 0 saturated carbocycles. The van der Waals surface area contributed by atoms with E-state index >= 15 is 0 Å². The molecule has 0 aliphatic rings. The molecule has 0 aliphatic carbocycles. The number of carbonyl (C=O) groups excluding carboxylic acids is 1. The van der Waals surface area contributed by atoms with Crippen LogP contribution in [0.4, 0.5) is 27.6 Å². The highest BCUT2D eigenvalue weighted by molar-refractivity contribution is 6.05. The number of hydrogen-bond acceptors (Lipinski definition) is 3. The summed E-state index contributed by atoms with van der Waals surface area (Å²) >= 11 is 0. The number of hydrogen-bond donors (Lipinski definition) is 2. The van der Waals surface area contributed by atoms with E-state index in [1.165, 1.54) is 12.1 Å². The Kier molecular flexibility index (Phi) is 5.19. The molecule has 4 nitrogen and oxygen atoms in total. The smallest absolute Gasteiger partial charge is 0.261 e. The first kappa shape index (κ1) is 19.6. The molecule has 0 radical (unpaired) electrons. The van der Waals surface area contributed by atoms with E-state index in [1.54, 1.807) is 25.1 Å². The summed E-state index contributed by atoms with van der Waals surface area (Å²) in [4.78, 5) is 12.2. The fraction of sp³-hybridized carbons (Fsp3) is 0.105. The predicted octanol–water partition coefficient (Wildman–Crippen LogP) is 4.70. The Hall–Kier alpha value is -3.20. The van der Waals surface area contributed by atoms with Crippen molar-refractivity contribution in [1.82, 2.24) is 0 Å². The van der Waals surface area contributed by atoms with Crippen molar-refractivity contribution >= 4 is 11.6 Å². The minimum atomic E-state index is -2.35. The number of rotatable bonds is 4. The molecule has 1 amide bonds. The largest absolute Gasteiger partial charge is 0.459 e. The van der Waals surface area contributed by atoms with Gasteiger partial charge in [0.2, 0.25) is 5.82 Å². The van der Waals surface area contributed by atoms with E-state index in [-0.39, 0.29) is 12.3 Å². The molecule has 146 valence electrons. The second-order valence-corrected chi connectivity index (χ2v) is 5.85. The molecule has 3 rings (SSSR count). The van der Waals surface area contributed by atoms with Crippen molar-refractivity contribution in [2.45, 2.75) is 13.5 Å². The Bertz CT molecular complexity index is 1050. The van der Waals surface area contributed by atoms with Crippen LogP contribution in [0, 0.1) is 36.0 Å². The molecule has 3 aromatic rings. The van der Waals surface area contributed by atoms with Crippen LogP contribution >= 0.6 is 0 Å². The normalized spacial score (nSPS) is 11.0. The topological polar surface area (TPSA) is 62.5 Å². The Morgan fingerprint density at radius 1 is 0.964 bits per heavy atom. The maximum absolute atomic E-state index is 13.8. The van der Waals surface area contributed by atoms with Crippen molar-refractivity contribution in [1.29, 1.82) is 0 Å². The van der Waals surface area contributed by atoms with Gasteiger partial charge in [0.25, 0.3) is 5.91 Å². The fourth-order valence-electron chi connectivity index (χ4n) is 2.52. The van der Waals surface area contributed by atoms with Gasteiger partial charge in [0, 0.05) is 11.3 Å². The fourth-order valence-corrected chi connectivity index (χ4v) is 2.52. The van der Waals surface area contributed by atoms with Crippen LogP contribution in [-0.2, 0) is 6.61 Å². The Morgan fingerprint density at radius 3 is 2.14 bits per heavy atom. The van der Waals surface area contributed by atoms with Crippen molar-refractivity contribution in [3.63, 3.8) is 0 Å². The highest BCUT2D eigenvalue weighted by Gasteiger charge is 2.30. The van der Waals surface area contributed by atoms with Crippen LogP contribution in [0.25, 0.3) is 11.3 Å². The summed E-state index contributed by atoms with van der Waals surface area (Å²) in [6.45, 7) is 1.24. The van der Waals surface area contributed by atoms with E-state index in [0.29, 0.717) is 22.6 Å². The minimum absolute atomic E-state index is 0.0772. The quantitative estimate of drug-likeness (QED) is 0.381. The van der Waals surface area contributed by atoms with Crippen molar-refractivity contribution in [3.05, 3.63) is 76.3 Å². The second-order valence-electron chi connectivity index (χ2n) is 5.85. The number of aliphatic hydroxyl groups is 1. The molecule has 28 heavy (non-hydrogen) atoms. The third-order valence-electron chi connectivity index (χ3n) is 4.02. The van der Waals surface area contributed by atoms with Gasteiger partial charge in [-0.2, -0.15) is 0 Å². The van der Waals surface area contributed by atoms with Gasteiger partial charge in [-0.15, -0.1) is 0 Å². The van der Waals surface area contributed by atoms with Gasteiger partial charge in [0.05, 0.1) is 0 Å². The summed E-state index contributed by atoms with van der Waals surface area (Å²) in [6.07, 6.45) is 0. The maximum atomic E-state index is 13.8. The Balaban J connectivity index is 1.98. The molecule has 0 unspecified atom stereocenters. The highest BCUT2D eigenvalue weighted by Crippen LogP contribution is 2.29. The molecule has 0 aliphatic heterocycles. The zero-order valence-corrected chi connectivity index (χ0v) is 14.2. The van der Waals surface area contributed by atoms with Crippen molar-refractivity contribution in [2.75, 3.05) is 5.32 Å². The number of furan rings is 1. The number of nitrogens with one attached hydrogen (secondary N) is 1. The standard InChI is InChI=1S/C19H12F5NO3/c1-8-2-3-9(12-5-4-10(7-26)28-12)6-11(8)25-19(27)13-14(20)16(22)18(24)17(23)15(13)21/h2-6,26H,7H2,1H3,(H,25,27). The van der Waals surface area contributed by atoms with Gasteiger partial charge in [-0.1, -0.05) is 12.1 Å². The van der Waals surface area contributed by atoms with Crippen LogP contribution in [0.15, 0.2) is 34.7 Å². The number of amides is 1. The lowest BCUT2D eigenvalue weighted by molar-refractivity contribution is 0.101. The minimum Gasteiger partial charge on any atom is -0.459 e. The molecular weight excluding hydrogens is 385 g/mol. The molecule has 1 aromatic heterocycles. The number of benzene rings is 2. The van der Waals surface area contributed by atoms with E-state index in [2.05, 4.69) is 5.32 Å².